The molecule has 5 heavy (non-hydrogen) atoms. The van der Waals surface area contributed by atoms with E-state index in [-0.39, 0.29) is 13.0 Å². The summed E-state index contributed by atoms with van der Waals surface area (Å²) in [6, 6.07) is 0. The van der Waals surface area contributed by atoms with Crippen LogP contribution >= 0.6 is 0 Å². The standard InChI is InChI=1S/C3H6O2/c4-2-1-3-5/h2,4H,1,3H2. The molecule has 0 rings (SSSR count). The maximum Gasteiger partial charge on any atom is 0.0847 e. The van der Waals surface area contributed by atoms with Crippen LogP contribution in [0.2, 0.25) is 0 Å². The summed E-state index contributed by atoms with van der Waals surface area (Å²) in [6.45, 7) is 0.656. The van der Waals surface area contributed by atoms with Crippen LogP contribution in [0.15, 0.2) is 0 Å². The van der Waals surface area contributed by atoms with Gasteiger partial charge >= 0.3 is 0 Å². The lowest BCUT2D eigenvalue weighted by Crippen LogP contribution is -1.76. The van der Waals surface area contributed by atoms with Gasteiger partial charge in [0.1, 0.15) is 0 Å². The third-order valence-corrected chi connectivity index (χ3v) is 0.247. The fourth-order valence-electron chi connectivity index (χ4n) is 0.0527. The summed E-state index contributed by atoms with van der Waals surface area (Å²) < 4.78 is 0. The van der Waals surface area contributed by atoms with Crippen LogP contribution in [-0.2, 0) is 5.11 Å². The van der Waals surface area contributed by atoms with Crippen molar-refractivity contribution in [3.8, 4) is 0 Å². The van der Waals surface area contributed by atoms with Crippen molar-refractivity contribution >= 4 is 0 Å². The molecule has 0 amide bonds. The molecule has 30 valence electrons. The van der Waals surface area contributed by atoms with Crippen LogP contribution in [0.5, 0.6) is 0 Å². The lowest BCUT2D eigenvalue weighted by Gasteiger charge is -1.75. The molecule has 0 saturated carbocycles. The van der Waals surface area contributed by atoms with Gasteiger partial charge in [-0.2, -0.15) is 0 Å². The van der Waals surface area contributed by atoms with Crippen LogP contribution in [-0.4, -0.2) is 11.7 Å². The Morgan fingerprint density at radius 2 is 2.40 bits per heavy atom. The quantitative estimate of drug-likeness (QED) is 0.504. The molecule has 2 nitrogen and oxygen atoms in total. The minimum absolute atomic E-state index is 0.212. The fraction of sp³-hybridized carbons (Fsp3) is 0.667. The largest absolute Gasteiger partial charge is 0.390 e. The Labute approximate surface area is 31.1 Å². The van der Waals surface area contributed by atoms with Crippen molar-refractivity contribution in [2.75, 3.05) is 6.61 Å². The molecule has 0 aromatic heterocycles. The molecule has 2 heteroatoms. The molecule has 0 fully saturated rings. The minimum Gasteiger partial charge on any atom is -0.390 e. The van der Waals surface area contributed by atoms with Crippen molar-refractivity contribution in [2.45, 2.75) is 6.42 Å². The molecule has 2 radical (unpaired) electrons. The molecule has 0 aromatic rings. The predicted molar refractivity (Wildman–Crippen MR) is 16.4 cm³/mol. The third-order valence-electron chi connectivity index (χ3n) is 0.247. The van der Waals surface area contributed by atoms with Gasteiger partial charge in [-0.3, -0.25) is 0 Å². The van der Waals surface area contributed by atoms with Crippen LogP contribution in [0.1, 0.15) is 6.42 Å². The number of hydrogen-bond donors (Lipinski definition) is 1. The second kappa shape index (κ2) is 3.92. The molecule has 0 aromatic carbocycles. The zero-order chi connectivity index (χ0) is 4.12. The maximum absolute atomic E-state index is 9.34. The van der Waals surface area contributed by atoms with E-state index in [1.165, 1.54) is 0 Å². The number of aliphatic hydroxyl groups is 1. The molecule has 0 bridgehead atoms. The first-order chi connectivity index (χ1) is 2.41. The molecule has 0 aliphatic heterocycles. The van der Waals surface area contributed by atoms with E-state index in [0.29, 0.717) is 0 Å². The van der Waals surface area contributed by atoms with E-state index in [1.807, 2.05) is 0 Å². The molecular formula is C3H6O2. The Hall–Kier alpha value is -0.0800. The average Bonchev–Trinajstić information content (AvgIpc) is 1.41. The van der Waals surface area contributed by atoms with E-state index in [0.717, 1.165) is 6.61 Å². The first-order valence-corrected chi connectivity index (χ1v) is 1.46. The molecule has 0 unspecified atom stereocenters. The molecule has 0 atom stereocenters. The Morgan fingerprint density at radius 3 is 2.40 bits per heavy atom. The first-order valence-electron chi connectivity index (χ1n) is 1.46. The van der Waals surface area contributed by atoms with Gasteiger partial charge in [0.15, 0.2) is 0 Å². The molecular weight excluding hydrogens is 68.0 g/mol. The van der Waals surface area contributed by atoms with Gasteiger partial charge in [-0.15, -0.1) is 0 Å². The Balaban J connectivity index is 2.19. The zero-order valence-electron chi connectivity index (χ0n) is 2.85. The fourth-order valence-corrected chi connectivity index (χ4v) is 0.0527. The summed E-state index contributed by atoms with van der Waals surface area (Å²) in [4.78, 5) is 0. The highest BCUT2D eigenvalue weighted by Crippen LogP contribution is 1.73. The van der Waals surface area contributed by atoms with Crippen LogP contribution in [0.25, 0.3) is 0 Å². The van der Waals surface area contributed by atoms with Crippen molar-refractivity contribution in [3.05, 3.63) is 6.61 Å². The Morgan fingerprint density at radius 1 is 1.80 bits per heavy atom. The zero-order valence-corrected chi connectivity index (χ0v) is 2.85. The van der Waals surface area contributed by atoms with E-state index >= 15 is 0 Å². The lowest BCUT2D eigenvalue weighted by molar-refractivity contribution is 0.180. The number of rotatable bonds is 2. The van der Waals surface area contributed by atoms with Crippen LogP contribution in [0.3, 0.4) is 0 Å². The van der Waals surface area contributed by atoms with Crippen molar-refractivity contribution in [2.24, 2.45) is 0 Å². The third kappa shape index (κ3) is 3.92. The summed E-state index contributed by atoms with van der Waals surface area (Å²) >= 11 is 0. The van der Waals surface area contributed by atoms with E-state index < -0.39 is 0 Å². The molecule has 1 N–H and O–H groups in total. The monoisotopic (exact) mass is 74.0 g/mol. The van der Waals surface area contributed by atoms with Crippen LogP contribution in [0, 0.1) is 6.61 Å². The molecule has 0 spiro atoms. The first kappa shape index (κ1) is 4.92. The Kier molecular flexibility index (Phi) is 3.86. The van der Waals surface area contributed by atoms with Gasteiger partial charge in [0.05, 0.1) is 13.2 Å². The second-order valence-corrected chi connectivity index (χ2v) is 0.675. The Bertz CT molecular complexity index is 12.4. The number of hydrogen-bond acceptors (Lipinski definition) is 1. The number of aliphatic hydroxyl groups excluding tert-OH is 1. The summed E-state index contributed by atoms with van der Waals surface area (Å²) in [5, 5.41) is 17.1. The smallest absolute Gasteiger partial charge is 0.0847 e. The van der Waals surface area contributed by atoms with E-state index in [2.05, 4.69) is 0 Å². The SMILES string of the molecule is [O]CC[CH]O. The van der Waals surface area contributed by atoms with Crippen LogP contribution < -0.4 is 0 Å². The van der Waals surface area contributed by atoms with Gasteiger partial charge in [-0.1, -0.05) is 0 Å². The second-order valence-electron chi connectivity index (χ2n) is 0.675. The van der Waals surface area contributed by atoms with Gasteiger partial charge < -0.3 is 5.11 Å². The van der Waals surface area contributed by atoms with Crippen LogP contribution in [0.4, 0.5) is 0 Å². The van der Waals surface area contributed by atoms with E-state index in [4.69, 9.17) is 5.11 Å². The van der Waals surface area contributed by atoms with Gasteiger partial charge in [-0.25, -0.2) is 5.11 Å². The van der Waals surface area contributed by atoms with Crippen molar-refractivity contribution in [1.29, 1.82) is 0 Å². The average molecular weight is 74.1 g/mol. The van der Waals surface area contributed by atoms with E-state index in [9.17, 15) is 5.11 Å². The molecule has 0 aliphatic carbocycles. The van der Waals surface area contributed by atoms with Crippen molar-refractivity contribution in [3.63, 3.8) is 0 Å². The normalized spacial score (nSPS) is 8.40. The van der Waals surface area contributed by atoms with Gasteiger partial charge in [0.25, 0.3) is 0 Å². The summed E-state index contributed by atoms with van der Waals surface area (Å²) in [6.07, 6.45) is 0.264. The van der Waals surface area contributed by atoms with Crippen molar-refractivity contribution in [1.82, 2.24) is 0 Å². The summed E-state index contributed by atoms with van der Waals surface area (Å²) in [5.74, 6) is 0. The van der Waals surface area contributed by atoms with Gasteiger partial charge in [0, 0.05) is 6.42 Å². The topological polar surface area (TPSA) is 40.1 Å². The van der Waals surface area contributed by atoms with E-state index in [1.54, 1.807) is 0 Å². The van der Waals surface area contributed by atoms with Gasteiger partial charge in [-0.05, 0) is 0 Å². The molecule has 0 aliphatic rings. The predicted octanol–water partition coefficient (Wildman–Crippen LogP) is 0.341. The molecule has 0 heterocycles. The lowest BCUT2D eigenvalue weighted by atomic mass is 10.5. The van der Waals surface area contributed by atoms with Gasteiger partial charge in [0.2, 0.25) is 0 Å². The van der Waals surface area contributed by atoms with Crippen molar-refractivity contribution < 1.29 is 10.2 Å². The highest BCUT2D eigenvalue weighted by Gasteiger charge is 1.73. The molecule has 0 saturated heterocycles. The maximum atomic E-state index is 9.34. The minimum atomic E-state index is -0.212. The summed E-state index contributed by atoms with van der Waals surface area (Å²) in [7, 11) is 0. The highest BCUT2D eigenvalue weighted by atomic mass is 16.3. The highest BCUT2D eigenvalue weighted by molar-refractivity contribution is 4.39. The summed E-state index contributed by atoms with van der Waals surface area (Å²) in [5.41, 5.74) is 0.